The van der Waals surface area contributed by atoms with E-state index in [4.69, 9.17) is 0 Å². The van der Waals surface area contributed by atoms with Crippen molar-refractivity contribution in [2.75, 3.05) is 13.1 Å². The lowest BCUT2D eigenvalue weighted by Gasteiger charge is -2.33. The summed E-state index contributed by atoms with van der Waals surface area (Å²) >= 11 is 0. The van der Waals surface area contributed by atoms with Gasteiger partial charge in [0.15, 0.2) is 0 Å². The lowest BCUT2D eigenvalue weighted by Crippen LogP contribution is -2.48. The highest BCUT2D eigenvalue weighted by atomic mass is 32.2. The van der Waals surface area contributed by atoms with E-state index in [1.54, 1.807) is 12.1 Å². The summed E-state index contributed by atoms with van der Waals surface area (Å²) in [6.45, 7) is 2.73. The van der Waals surface area contributed by atoms with Crippen LogP contribution in [-0.4, -0.2) is 37.8 Å². The molecule has 142 valence electrons. The van der Waals surface area contributed by atoms with E-state index < -0.39 is 10.0 Å². The molecule has 1 saturated heterocycles. The number of nitrogens with one attached hydrogen (secondary N) is 1. The van der Waals surface area contributed by atoms with Crippen LogP contribution < -0.4 is 5.32 Å². The molecule has 6 heteroatoms. The molecule has 0 aromatic heterocycles. The maximum atomic E-state index is 12.9. The van der Waals surface area contributed by atoms with Gasteiger partial charge >= 0.3 is 0 Å². The van der Waals surface area contributed by atoms with Crippen LogP contribution in [0.1, 0.15) is 44.1 Å². The Morgan fingerprint density at radius 1 is 1.12 bits per heavy atom. The predicted molar refractivity (Wildman–Crippen MR) is 100 cm³/mol. The van der Waals surface area contributed by atoms with Crippen LogP contribution in [0.5, 0.6) is 0 Å². The monoisotopic (exact) mass is 376 g/mol. The molecule has 0 spiro atoms. The molecule has 1 N–H and O–H groups in total. The Morgan fingerprint density at radius 2 is 1.88 bits per heavy atom. The van der Waals surface area contributed by atoms with Gasteiger partial charge in [0.05, 0.1) is 10.8 Å². The zero-order valence-corrected chi connectivity index (χ0v) is 16.2. The maximum Gasteiger partial charge on any atom is 0.243 e. The summed E-state index contributed by atoms with van der Waals surface area (Å²) in [5.41, 5.74) is 1.03. The summed E-state index contributed by atoms with van der Waals surface area (Å²) in [6, 6.07) is 7.25. The van der Waals surface area contributed by atoms with Crippen LogP contribution in [0, 0.1) is 24.7 Å². The highest BCUT2D eigenvalue weighted by Crippen LogP contribution is 2.44. The van der Waals surface area contributed by atoms with Crippen LogP contribution in [0.4, 0.5) is 0 Å². The van der Waals surface area contributed by atoms with Crippen molar-refractivity contribution in [3.05, 3.63) is 29.8 Å². The van der Waals surface area contributed by atoms with Gasteiger partial charge in [0.1, 0.15) is 0 Å². The van der Waals surface area contributed by atoms with Crippen molar-refractivity contribution in [1.82, 2.24) is 9.62 Å². The fraction of sp³-hybridized carbons (Fsp3) is 0.650. The predicted octanol–water partition coefficient (Wildman–Crippen LogP) is 2.70. The van der Waals surface area contributed by atoms with Crippen molar-refractivity contribution in [1.29, 1.82) is 0 Å². The number of fused-ring (bicyclic) bond motifs is 2. The molecule has 2 aliphatic carbocycles. The summed E-state index contributed by atoms with van der Waals surface area (Å²) in [6.07, 6.45) is 6.40. The van der Waals surface area contributed by atoms with E-state index in [2.05, 4.69) is 5.32 Å². The fourth-order valence-electron chi connectivity index (χ4n) is 4.96. The standard InChI is InChI=1S/C20H28N2O3S/c1-14-4-8-18(9-5-14)26(24,25)22-10-2-3-17(13-22)20(23)21-19-12-15-6-7-16(19)11-15/h4-5,8-9,15-17,19H,2-3,6-7,10-13H2,1H3,(H,21,23). The molecular weight excluding hydrogens is 348 g/mol. The van der Waals surface area contributed by atoms with Crippen molar-refractivity contribution in [2.45, 2.75) is 56.4 Å². The number of amides is 1. The van der Waals surface area contributed by atoms with E-state index in [9.17, 15) is 13.2 Å². The number of rotatable bonds is 4. The molecule has 1 aromatic rings. The van der Waals surface area contributed by atoms with Crippen LogP contribution in [0.2, 0.25) is 0 Å². The van der Waals surface area contributed by atoms with Crippen LogP contribution in [-0.2, 0) is 14.8 Å². The van der Waals surface area contributed by atoms with Gasteiger partial charge in [0.25, 0.3) is 0 Å². The first-order chi connectivity index (χ1) is 12.4. The Bertz CT molecular complexity index is 775. The molecule has 3 fully saturated rings. The lowest BCUT2D eigenvalue weighted by atomic mass is 9.93. The van der Waals surface area contributed by atoms with E-state index >= 15 is 0 Å². The first-order valence-electron chi connectivity index (χ1n) is 9.80. The van der Waals surface area contributed by atoms with Crippen molar-refractivity contribution in [3.63, 3.8) is 0 Å². The molecule has 4 unspecified atom stereocenters. The lowest BCUT2D eigenvalue weighted by molar-refractivity contribution is -0.127. The summed E-state index contributed by atoms with van der Waals surface area (Å²) in [7, 11) is -3.53. The normalized spacial score (nSPS) is 31.9. The number of carbonyl (C=O) groups excluding carboxylic acids is 1. The van der Waals surface area contributed by atoms with E-state index in [0.29, 0.717) is 29.9 Å². The highest BCUT2D eigenvalue weighted by Gasteiger charge is 2.41. The van der Waals surface area contributed by atoms with Crippen molar-refractivity contribution >= 4 is 15.9 Å². The van der Waals surface area contributed by atoms with Gasteiger partial charge in [0, 0.05) is 19.1 Å². The molecule has 4 rings (SSSR count). The number of hydrogen-bond donors (Lipinski definition) is 1. The molecule has 2 saturated carbocycles. The summed E-state index contributed by atoms with van der Waals surface area (Å²) in [5.74, 6) is 1.24. The summed E-state index contributed by atoms with van der Waals surface area (Å²) in [5, 5.41) is 3.24. The minimum Gasteiger partial charge on any atom is -0.353 e. The van der Waals surface area contributed by atoms with E-state index in [0.717, 1.165) is 30.7 Å². The molecule has 4 atom stereocenters. The Hall–Kier alpha value is -1.40. The average Bonchev–Trinajstić information content (AvgIpc) is 3.25. The van der Waals surface area contributed by atoms with E-state index in [-0.39, 0.29) is 11.8 Å². The number of hydrogen-bond acceptors (Lipinski definition) is 3. The number of nitrogens with zero attached hydrogens (tertiary/aromatic N) is 1. The van der Waals surface area contributed by atoms with Crippen LogP contribution in [0.25, 0.3) is 0 Å². The Kier molecular flexibility index (Phi) is 4.82. The SMILES string of the molecule is Cc1ccc(S(=O)(=O)N2CCCC(C(=O)NC3CC4CCC3C4)C2)cc1. The fourth-order valence-corrected chi connectivity index (χ4v) is 6.48. The van der Waals surface area contributed by atoms with Crippen LogP contribution >= 0.6 is 0 Å². The number of benzene rings is 1. The first-order valence-corrected chi connectivity index (χ1v) is 11.2. The third kappa shape index (κ3) is 3.41. The topological polar surface area (TPSA) is 66.5 Å². The smallest absolute Gasteiger partial charge is 0.243 e. The molecule has 0 radical (unpaired) electrons. The molecule has 1 amide bonds. The molecular formula is C20H28N2O3S. The largest absolute Gasteiger partial charge is 0.353 e. The van der Waals surface area contributed by atoms with Gasteiger partial charge in [-0.3, -0.25) is 4.79 Å². The zero-order valence-electron chi connectivity index (χ0n) is 15.4. The maximum absolute atomic E-state index is 12.9. The first kappa shape index (κ1) is 18.0. The second-order valence-corrected chi connectivity index (χ2v) is 10.2. The zero-order chi connectivity index (χ0) is 18.3. The van der Waals surface area contributed by atoms with Gasteiger partial charge in [0.2, 0.25) is 15.9 Å². The molecule has 1 aromatic carbocycles. The van der Waals surface area contributed by atoms with Crippen molar-refractivity contribution < 1.29 is 13.2 Å². The molecule has 1 heterocycles. The molecule has 3 aliphatic rings. The van der Waals surface area contributed by atoms with Crippen molar-refractivity contribution in [2.24, 2.45) is 17.8 Å². The number of aryl methyl sites for hydroxylation is 1. The third-order valence-corrected chi connectivity index (χ3v) is 8.36. The molecule has 5 nitrogen and oxygen atoms in total. The number of sulfonamides is 1. The molecule has 2 bridgehead atoms. The second kappa shape index (κ2) is 6.97. The van der Waals surface area contributed by atoms with Gasteiger partial charge in [-0.2, -0.15) is 4.31 Å². The average molecular weight is 377 g/mol. The Balaban J connectivity index is 1.42. The van der Waals surface area contributed by atoms with Gasteiger partial charge < -0.3 is 5.32 Å². The Labute approximate surface area is 156 Å². The molecule has 26 heavy (non-hydrogen) atoms. The molecule has 1 aliphatic heterocycles. The minimum atomic E-state index is -3.53. The second-order valence-electron chi connectivity index (χ2n) is 8.31. The van der Waals surface area contributed by atoms with Crippen LogP contribution in [0.15, 0.2) is 29.2 Å². The quantitative estimate of drug-likeness (QED) is 0.879. The van der Waals surface area contributed by atoms with Gasteiger partial charge in [-0.05, 0) is 63.0 Å². The van der Waals surface area contributed by atoms with Gasteiger partial charge in [-0.25, -0.2) is 8.42 Å². The minimum absolute atomic E-state index is 0.0476. The summed E-state index contributed by atoms with van der Waals surface area (Å²) < 4.78 is 27.3. The van der Waals surface area contributed by atoms with Crippen molar-refractivity contribution in [3.8, 4) is 0 Å². The van der Waals surface area contributed by atoms with E-state index in [1.165, 1.54) is 23.6 Å². The van der Waals surface area contributed by atoms with Gasteiger partial charge in [-0.1, -0.05) is 24.1 Å². The highest BCUT2D eigenvalue weighted by molar-refractivity contribution is 7.89. The van der Waals surface area contributed by atoms with E-state index in [1.807, 2.05) is 19.1 Å². The Morgan fingerprint density at radius 3 is 2.54 bits per heavy atom. The summed E-state index contributed by atoms with van der Waals surface area (Å²) in [4.78, 5) is 13.1. The number of piperidine rings is 1. The van der Waals surface area contributed by atoms with Crippen LogP contribution in [0.3, 0.4) is 0 Å². The third-order valence-electron chi connectivity index (χ3n) is 6.48. The van der Waals surface area contributed by atoms with Gasteiger partial charge in [-0.15, -0.1) is 0 Å². The number of carbonyl (C=O) groups is 1.